The first-order valence-electron chi connectivity index (χ1n) is 6.19. The maximum atomic E-state index is 11.6. The lowest BCUT2D eigenvalue weighted by Gasteiger charge is -2.26. The molecule has 1 aliphatic rings. The normalized spacial score (nSPS) is 14.8. The number of carbonyl (C=O) groups is 2. The number of aliphatic carboxylic acids is 1. The molecule has 0 saturated heterocycles. The van der Waals surface area contributed by atoms with Crippen LogP contribution in [0.4, 0.5) is 0 Å². The van der Waals surface area contributed by atoms with Gasteiger partial charge in [0.25, 0.3) is 0 Å². The number of fused-ring (bicyclic) bond motifs is 1. The average molecular weight is 264 g/mol. The number of carboxylic acids is 1. The van der Waals surface area contributed by atoms with Crippen LogP contribution in [-0.4, -0.2) is 46.6 Å². The number of ether oxygens (including phenoxy) is 1. The van der Waals surface area contributed by atoms with Crippen LogP contribution in [0, 0.1) is 0 Å². The van der Waals surface area contributed by atoms with Gasteiger partial charge in [-0.2, -0.15) is 0 Å². The monoisotopic (exact) mass is 264 g/mol. The van der Waals surface area contributed by atoms with Crippen molar-refractivity contribution in [1.82, 2.24) is 9.88 Å². The maximum Gasteiger partial charge on any atom is 0.339 e. The summed E-state index contributed by atoms with van der Waals surface area (Å²) in [7, 11) is 0. The molecule has 0 radical (unpaired) electrons. The molecule has 1 N–H and O–H groups in total. The highest BCUT2D eigenvalue weighted by Gasteiger charge is 2.20. The second-order valence-corrected chi connectivity index (χ2v) is 4.40. The van der Waals surface area contributed by atoms with Crippen molar-refractivity contribution in [3.05, 3.63) is 29.1 Å². The minimum Gasteiger partial charge on any atom is -0.480 e. The quantitative estimate of drug-likeness (QED) is 0.806. The molecule has 1 aromatic rings. The Balaban J connectivity index is 2.11. The van der Waals surface area contributed by atoms with Crippen LogP contribution in [0.15, 0.2) is 12.3 Å². The molecule has 0 fully saturated rings. The molecule has 0 bridgehead atoms. The molecule has 0 aliphatic carbocycles. The van der Waals surface area contributed by atoms with Crippen LogP contribution < -0.4 is 0 Å². The lowest BCUT2D eigenvalue weighted by molar-refractivity contribution is -0.138. The second kappa shape index (κ2) is 5.79. The fraction of sp³-hybridized carbons (Fsp3) is 0.462. The number of carboxylic acid groups (broad SMARTS) is 1. The number of carbonyl (C=O) groups excluding carboxylic acids is 1. The van der Waals surface area contributed by atoms with Crippen molar-refractivity contribution >= 4 is 11.9 Å². The molecule has 0 amide bonds. The van der Waals surface area contributed by atoms with Gasteiger partial charge in [-0.25, -0.2) is 4.79 Å². The summed E-state index contributed by atoms with van der Waals surface area (Å²) in [5.41, 5.74) is 2.28. The SMILES string of the molecule is CCOC(=O)c1cnc2c(c1)CCN(CC(=O)O)C2. The Hall–Kier alpha value is -1.95. The van der Waals surface area contributed by atoms with Gasteiger partial charge in [-0.1, -0.05) is 0 Å². The summed E-state index contributed by atoms with van der Waals surface area (Å²) < 4.78 is 4.93. The van der Waals surface area contributed by atoms with E-state index in [9.17, 15) is 9.59 Å². The van der Waals surface area contributed by atoms with E-state index in [4.69, 9.17) is 9.84 Å². The standard InChI is InChI=1S/C13H16N2O4/c1-2-19-13(18)10-5-9-3-4-15(8-12(16)17)7-11(9)14-6-10/h5-6H,2-4,7-8H2,1H3,(H,16,17). The minimum absolute atomic E-state index is 0.0146. The van der Waals surface area contributed by atoms with Crippen LogP contribution in [0.3, 0.4) is 0 Å². The molecule has 0 atom stereocenters. The number of aromatic nitrogens is 1. The molecule has 19 heavy (non-hydrogen) atoms. The molecule has 102 valence electrons. The van der Waals surface area contributed by atoms with Crippen molar-refractivity contribution in [2.24, 2.45) is 0 Å². The van der Waals surface area contributed by atoms with Gasteiger partial charge in [-0.15, -0.1) is 0 Å². The first-order valence-corrected chi connectivity index (χ1v) is 6.19. The molecule has 2 rings (SSSR count). The van der Waals surface area contributed by atoms with E-state index < -0.39 is 5.97 Å². The van der Waals surface area contributed by atoms with E-state index in [0.717, 1.165) is 11.3 Å². The van der Waals surface area contributed by atoms with E-state index in [2.05, 4.69) is 4.98 Å². The molecule has 0 unspecified atom stereocenters. The molecular weight excluding hydrogens is 248 g/mol. The smallest absolute Gasteiger partial charge is 0.339 e. The topological polar surface area (TPSA) is 79.7 Å². The summed E-state index contributed by atoms with van der Waals surface area (Å²) in [6, 6.07) is 1.79. The van der Waals surface area contributed by atoms with Gasteiger partial charge in [0.15, 0.2) is 0 Å². The summed E-state index contributed by atoms with van der Waals surface area (Å²) in [5.74, 6) is -1.21. The van der Waals surface area contributed by atoms with Gasteiger partial charge in [0.05, 0.1) is 24.4 Å². The van der Waals surface area contributed by atoms with Crippen molar-refractivity contribution in [2.45, 2.75) is 19.9 Å². The number of rotatable bonds is 4. The van der Waals surface area contributed by atoms with Gasteiger partial charge in [0.1, 0.15) is 0 Å². The number of pyridine rings is 1. The van der Waals surface area contributed by atoms with E-state index in [-0.39, 0.29) is 12.5 Å². The zero-order valence-electron chi connectivity index (χ0n) is 10.8. The van der Waals surface area contributed by atoms with Gasteiger partial charge in [-0.3, -0.25) is 14.7 Å². The first-order chi connectivity index (χ1) is 9.10. The molecule has 6 heteroatoms. The Morgan fingerprint density at radius 2 is 2.32 bits per heavy atom. The predicted octanol–water partition coefficient (Wildman–Crippen LogP) is 0.701. The highest BCUT2D eigenvalue weighted by molar-refractivity contribution is 5.89. The predicted molar refractivity (Wildman–Crippen MR) is 66.8 cm³/mol. The van der Waals surface area contributed by atoms with Crippen molar-refractivity contribution in [3.63, 3.8) is 0 Å². The van der Waals surface area contributed by atoms with E-state index in [1.807, 2.05) is 4.90 Å². The number of hydrogen-bond acceptors (Lipinski definition) is 5. The summed E-state index contributed by atoms with van der Waals surface area (Å²) in [4.78, 5) is 28.3. The fourth-order valence-corrected chi connectivity index (χ4v) is 2.12. The molecule has 0 saturated carbocycles. The Morgan fingerprint density at radius 3 is 3.00 bits per heavy atom. The average Bonchev–Trinajstić information content (AvgIpc) is 2.37. The molecule has 0 spiro atoms. The second-order valence-electron chi connectivity index (χ2n) is 4.40. The summed E-state index contributed by atoms with van der Waals surface area (Å²) >= 11 is 0. The van der Waals surface area contributed by atoms with Crippen molar-refractivity contribution in [3.8, 4) is 0 Å². The first kappa shape index (κ1) is 13.5. The van der Waals surface area contributed by atoms with Crippen LogP contribution in [0.2, 0.25) is 0 Å². The zero-order chi connectivity index (χ0) is 13.8. The van der Waals surface area contributed by atoms with Gasteiger partial charge in [0, 0.05) is 19.3 Å². The van der Waals surface area contributed by atoms with Gasteiger partial charge in [0.2, 0.25) is 0 Å². The molecule has 6 nitrogen and oxygen atoms in total. The van der Waals surface area contributed by atoms with E-state index in [1.165, 1.54) is 6.20 Å². The van der Waals surface area contributed by atoms with Crippen molar-refractivity contribution < 1.29 is 19.4 Å². The number of nitrogens with zero attached hydrogens (tertiary/aromatic N) is 2. The molecule has 1 aliphatic heterocycles. The molecule has 1 aromatic heterocycles. The lowest BCUT2D eigenvalue weighted by Crippen LogP contribution is -2.35. The number of hydrogen-bond donors (Lipinski definition) is 1. The Bertz CT molecular complexity index is 501. The molecule has 2 heterocycles. The summed E-state index contributed by atoms with van der Waals surface area (Å²) in [6.45, 7) is 3.27. The summed E-state index contributed by atoms with van der Waals surface area (Å²) in [5, 5.41) is 8.77. The van der Waals surface area contributed by atoms with E-state index in [1.54, 1.807) is 13.0 Å². The van der Waals surface area contributed by atoms with Gasteiger partial charge in [-0.05, 0) is 25.0 Å². The third-order valence-corrected chi connectivity index (χ3v) is 3.00. The molecular formula is C13H16N2O4. The highest BCUT2D eigenvalue weighted by atomic mass is 16.5. The Labute approximate surface area is 111 Å². The highest BCUT2D eigenvalue weighted by Crippen LogP contribution is 2.18. The van der Waals surface area contributed by atoms with Crippen molar-refractivity contribution in [1.29, 1.82) is 0 Å². The molecule has 0 aromatic carbocycles. The third-order valence-electron chi connectivity index (χ3n) is 3.00. The van der Waals surface area contributed by atoms with Crippen LogP contribution in [0.25, 0.3) is 0 Å². The van der Waals surface area contributed by atoms with Gasteiger partial charge < -0.3 is 9.84 Å². The third kappa shape index (κ3) is 3.29. The minimum atomic E-state index is -0.841. The number of esters is 1. The van der Waals surface area contributed by atoms with Gasteiger partial charge >= 0.3 is 11.9 Å². The fourth-order valence-electron chi connectivity index (χ4n) is 2.12. The lowest BCUT2D eigenvalue weighted by atomic mass is 10.0. The van der Waals surface area contributed by atoms with E-state index >= 15 is 0 Å². The Morgan fingerprint density at radius 1 is 1.53 bits per heavy atom. The summed E-state index contributed by atoms with van der Waals surface area (Å²) in [6.07, 6.45) is 2.18. The largest absolute Gasteiger partial charge is 0.480 e. The van der Waals surface area contributed by atoms with E-state index in [0.29, 0.717) is 31.7 Å². The van der Waals surface area contributed by atoms with Crippen LogP contribution in [0.5, 0.6) is 0 Å². The zero-order valence-corrected chi connectivity index (χ0v) is 10.8. The Kier molecular flexibility index (Phi) is 4.11. The van der Waals surface area contributed by atoms with Crippen LogP contribution in [-0.2, 0) is 22.5 Å². The van der Waals surface area contributed by atoms with Crippen LogP contribution in [0.1, 0.15) is 28.5 Å². The van der Waals surface area contributed by atoms with Crippen molar-refractivity contribution in [2.75, 3.05) is 19.7 Å². The maximum absolute atomic E-state index is 11.6. The van der Waals surface area contributed by atoms with Crippen LogP contribution >= 0.6 is 0 Å².